The summed E-state index contributed by atoms with van der Waals surface area (Å²) in [4.78, 5) is 0. The summed E-state index contributed by atoms with van der Waals surface area (Å²) in [5.74, 6) is 1.58. The van der Waals surface area contributed by atoms with Crippen LogP contribution in [0.15, 0.2) is 24.3 Å². The normalized spacial score (nSPS) is 13.3. The van der Waals surface area contributed by atoms with Crippen molar-refractivity contribution in [1.82, 2.24) is 0 Å². The van der Waals surface area contributed by atoms with Crippen molar-refractivity contribution >= 4 is 9.76 Å². The van der Waals surface area contributed by atoms with Crippen molar-refractivity contribution in [2.24, 2.45) is 0 Å². The Labute approximate surface area is 99.7 Å². The molecule has 0 saturated carbocycles. The van der Waals surface area contributed by atoms with E-state index in [9.17, 15) is 0 Å². The van der Waals surface area contributed by atoms with Crippen LogP contribution in [0.3, 0.4) is 0 Å². The Morgan fingerprint density at radius 2 is 1.69 bits per heavy atom. The lowest BCUT2D eigenvalue weighted by atomic mass is 10.3. The zero-order chi connectivity index (χ0) is 12.0. The van der Waals surface area contributed by atoms with Gasteiger partial charge in [-0.25, -0.2) is 0 Å². The number of para-hydroxylation sites is 2. The van der Waals surface area contributed by atoms with Gasteiger partial charge in [0.1, 0.15) is 5.75 Å². The third-order valence-electron chi connectivity index (χ3n) is 2.05. The molecule has 3 nitrogen and oxygen atoms in total. The molecule has 0 saturated heterocycles. The Bertz CT molecular complexity index is 315. The Morgan fingerprint density at radius 1 is 1.06 bits per heavy atom. The average molecular weight is 240 g/mol. The molecule has 0 amide bonds. The van der Waals surface area contributed by atoms with Crippen molar-refractivity contribution in [2.75, 3.05) is 7.11 Å². The standard InChI is InChI=1S/C12H20O3Si/c1-9(2)16-15-12-8-6-5-7-11(12)14-10(3)13-4/h5-10H,16H2,1-4H3. The fourth-order valence-corrected chi connectivity index (χ4v) is 1.90. The number of hydrogen-bond acceptors (Lipinski definition) is 3. The van der Waals surface area contributed by atoms with Crippen LogP contribution in [0.2, 0.25) is 5.54 Å². The third kappa shape index (κ3) is 4.24. The van der Waals surface area contributed by atoms with Crippen LogP contribution >= 0.6 is 0 Å². The van der Waals surface area contributed by atoms with Gasteiger partial charge in [-0.3, -0.25) is 0 Å². The SMILES string of the molecule is COC(C)Oc1ccccc1O[SiH2]C(C)C. The van der Waals surface area contributed by atoms with E-state index < -0.39 is 9.76 Å². The molecule has 0 aliphatic heterocycles. The highest BCUT2D eigenvalue weighted by molar-refractivity contribution is 6.30. The van der Waals surface area contributed by atoms with Gasteiger partial charge in [-0.2, -0.15) is 0 Å². The monoisotopic (exact) mass is 240 g/mol. The smallest absolute Gasteiger partial charge is 0.222 e. The van der Waals surface area contributed by atoms with Crippen LogP contribution < -0.4 is 9.16 Å². The summed E-state index contributed by atoms with van der Waals surface area (Å²) >= 11 is 0. The molecule has 1 unspecified atom stereocenters. The minimum atomic E-state index is -0.535. The van der Waals surface area contributed by atoms with E-state index in [2.05, 4.69) is 13.8 Å². The zero-order valence-electron chi connectivity index (χ0n) is 10.4. The molecule has 0 aromatic heterocycles. The van der Waals surface area contributed by atoms with E-state index >= 15 is 0 Å². The number of ether oxygens (including phenoxy) is 2. The highest BCUT2D eigenvalue weighted by Crippen LogP contribution is 2.27. The maximum absolute atomic E-state index is 5.80. The predicted octanol–water partition coefficient (Wildman–Crippen LogP) is 2.35. The van der Waals surface area contributed by atoms with Crippen LogP contribution in [0.5, 0.6) is 11.5 Å². The Morgan fingerprint density at radius 3 is 2.25 bits per heavy atom. The minimum absolute atomic E-state index is 0.259. The summed E-state index contributed by atoms with van der Waals surface area (Å²) in [6.45, 7) is 6.21. The van der Waals surface area contributed by atoms with E-state index in [0.29, 0.717) is 5.54 Å². The van der Waals surface area contributed by atoms with Gasteiger partial charge < -0.3 is 13.9 Å². The highest BCUT2D eigenvalue weighted by Gasteiger charge is 2.08. The van der Waals surface area contributed by atoms with Crippen molar-refractivity contribution in [1.29, 1.82) is 0 Å². The molecule has 90 valence electrons. The van der Waals surface area contributed by atoms with Crippen LogP contribution in [-0.4, -0.2) is 23.2 Å². The summed E-state index contributed by atoms with van der Waals surface area (Å²) in [6.07, 6.45) is -0.259. The second-order valence-corrected chi connectivity index (χ2v) is 6.33. The van der Waals surface area contributed by atoms with E-state index in [4.69, 9.17) is 13.9 Å². The molecule has 1 aromatic rings. The van der Waals surface area contributed by atoms with Crippen LogP contribution in [0.25, 0.3) is 0 Å². The summed E-state index contributed by atoms with van der Waals surface area (Å²) in [5.41, 5.74) is 0.632. The molecule has 0 heterocycles. The maximum Gasteiger partial charge on any atom is 0.222 e. The average Bonchev–Trinajstić information content (AvgIpc) is 2.27. The highest BCUT2D eigenvalue weighted by atomic mass is 28.2. The molecule has 0 bridgehead atoms. The third-order valence-corrected chi connectivity index (χ3v) is 3.19. The first-order valence-corrected chi connectivity index (χ1v) is 6.94. The topological polar surface area (TPSA) is 27.7 Å². The largest absolute Gasteiger partial charge is 0.547 e. The summed E-state index contributed by atoms with van der Waals surface area (Å²) < 4.78 is 16.5. The van der Waals surface area contributed by atoms with Gasteiger partial charge in [0.2, 0.25) is 9.76 Å². The molecular weight excluding hydrogens is 220 g/mol. The number of benzene rings is 1. The lowest BCUT2D eigenvalue weighted by Gasteiger charge is -2.17. The fourth-order valence-electron chi connectivity index (χ4n) is 1.15. The molecule has 0 aliphatic rings. The second kappa shape index (κ2) is 6.55. The summed E-state index contributed by atoms with van der Waals surface area (Å²) in [6, 6.07) is 7.72. The van der Waals surface area contributed by atoms with Gasteiger partial charge in [-0.1, -0.05) is 26.0 Å². The van der Waals surface area contributed by atoms with E-state index in [1.165, 1.54) is 0 Å². The molecule has 0 aliphatic carbocycles. The molecule has 1 aromatic carbocycles. The lowest BCUT2D eigenvalue weighted by molar-refractivity contribution is -0.0391. The first kappa shape index (κ1) is 13.1. The first-order chi connectivity index (χ1) is 7.63. The lowest BCUT2D eigenvalue weighted by Crippen LogP contribution is -2.15. The number of hydrogen-bond donors (Lipinski definition) is 0. The molecule has 4 heteroatoms. The van der Waals surface area contributed by atoms with Crippen molar-refractivity contribution in [3.05, 3.63) is 24.3 Å². The van der Waals surface area contributed by atoms with Crippen molar-refractivity contribution < 1.29 is 13.9 Å². The van der Waals surface area contributed by atoms with Gasteiger partial charge in [0.15, 0.2) is 12.0 Å². The van der Waals surface area contributed by atoms with E-state index in [1.54, 1.807) is 7.11 Å². The van der Waals surface area contributed by atoms with Crippen LogP contribution in [-0.2, 0) is 4.74 Å². The quantitative estimate of drug-likeness (QED) is 0.564. The molecule has 1 atom stereocenters. The second-order valence-electron chi connectivity index (χ2n) is 4.07. The van der Waals surface area contributed by atoms with Crippen molar-refractivity contribution in [2.45, 2.75) is 32.6 Å². The van der Waals surface area contributed by atoms with Gasteiger partial charge in [0.05, 0.1) is 0 Å². The maximum atomic E-state index is 5.80. The molecule has 0 fully saturated rings. The van der Waals surface area contributed by atoms with E-state index in [1.807, 2.05) is 31.2 Å². The number of rotatable bonds is 6. The zero-order valence-corrected chi connectivity index (χ0v) is 11.8. The van der Waals surface area contributed by atoms with Crippen LogP contribution in [0.4, 0.5) is 0 Å². The van der Waals surface area contributed by atoms with Crippen LogP contribution in [0, 0.1) is 0 Å². The van der Waals surface area contributed by atoms with Gasteiger partial charge in [-0.05, 0) is 24.6 Å². The summed E-state index contributed by atoms with van der Waals surface area (Å²) in [5, 5.41) is 0. The van der Waals surface area contributed by atoms with Crippen LogP contribution in [0.1, 0.15) is 20.8 Å². The van der Waals surface area contributed by atoms with Gasteiger partial charge in [0.25, 0.3) is 0 Å². The Hall–Kier alpha value is -1.00. The van der Waals surface area contributed by atoms with Crippen molar-refractivity contribution in [3.8, 4) is 11.5 Å². The first-order valence-electron chi connectivity index (χ1n) is 5.54. The van der Waals surface area contributed by atoms with Gasteiger partial charge >= 0.3 is 0 Å². The van der Waals surface area contributed by atoms with Gasteiger partial charge in [0, 0.05) is 7.11 Å². The van der Waals surface area contributed by atoms with E-state index in [0.717, 1.165) is 11.5 Å². The molecule has 16 heavy (non-hydrogen) atoms. The minimum Gasteiger partial charge on any atom is -0.547 e. The Balaban J connectivity index is 2.67. The predicted molar refractivity (Wildman–Crippen MR) is 67.8 cm³/mol. The molecule has 0 radical (unpaired) electrons. The fraction of sp³-hybridized carbons (Fsp3) is 0.500. The molecular formula is C12H20O3Si. The Kier molecular flexibility index (Phi) is 5.35. The summed E-state index contributed by atoms with van der Waals surface area (Å²) in [7, 11) is 1.09. The molecule has 1 rings (SSSR count). The number of methoxy groups -OCH3 is 1. The van der Waals surface area contributed by atoms with Gasteiger partial charge in [-0.15, -0.1) is 0 Å². The molecule has 0 N–H and O–H groups in total. The molecule has 0 spiro atoms. The van der Waals surface area contributed by atoms with Crippen molar-refractivity contribution in [3.63, 3.8) is 0 Å². The van der Waals surface area contributed by atoms with E-state index in [-0.39, 0.29) is 6.29 Å².